The Morgan fingerprint density at radius 2 is 1.47 bits per heavy atom. The second kappa shape index (κ2) is 12.2. The Labute approximate surface area is 224 Å². The Balaban J connectivity index is 2.14. The van der Waals surface area contributed by atoms with Gasteiger partial charge in [-0.2, -0.15) is 0 Å². The second-order valence-electron chi connectivity index (χ2n) is 9.74. The van der Waals surface area contributed by atoms with Crippen molar-refractivity contribution in [2.75, 3.05) is 28.6 Å². The first kappa shape index (κ1) is 28.8. The summed E-state index contributed by atoms with van der Waals surface area (Å²) in [4.78, 5) is 26.6. The van der Waals surface area contributed by atoms with Crippen molar-refractivity contribution in [1.29, 1.82) is 0 Å². The predicted molar refractivity (Wildman–Crippen MR) is 145 cm³/mol. The Morgan fingerprint density at radius 1 is 0.842 bits per heavy atom. The molecule has 6 nitrogen and oxygen atoms in total. The third-order valence-corrected chi connectivity index (χ3v) is 5.76. The first-order chi connectivity index (χ1) is 17.8. The fourth-order valence-corrected chi connectivity index (χ4v) is 4.24. The SMILES string of the molecule is CC(C)CN(CC(C)C)c1cc(F)c(-c2cc(F)ccc2C(=O)O)cc1NC(=O)Nc1ccc(Cl)cc1F. The van der Waals surface area contributed by atoms with Gasteiger partial charge in [-0.3, -0.25) is 0 Å². The number of amides is 2. The lowest BCUT2D eigenvalue weighted by Crippen LogP contribution is -2.32. The molecule has 10 heteroatoms. The van der Waals surface area contributed by atoms with Crippen LogP contribution < -0.4 is 15.5 Å². The van der Waals surface area contributed by atoms with Crippen molar-refractivity contribution in [2.24, 2.45) is 11.8 Å². The Hall–Kier alpha value is -3.72. The summed E-state index contributed by atoms with van der Waals surface area (Å²) in [5.74, 6) is -3.29. The molecule has 2 amide bonds. The van der Waals surface area contributed by atoms with E-state index in [9.17, 15) is 23.5 Å². The Morgan fingerprint density at radius 3 is 2.05 bits per heavy atom. The number of carbonyl (C=O) groups is 2. The molecule has 0 aliphatic carbocycles. The normalized spacial score (nSPS) is 11.1. The number of anilines is 3. The summed E-state index contributed by atoms with van der Waals surface area (Å²) in [5.41, 5.74) is -0.363. The highest BCUT2D eigenvalue weighted by atomic mass is 35.5. The first-order valence-corrected chi connectivity index (χ1v) is 12.4. The molecule has 0 fully saturated rings. The predicted octanol–water partition coefficient (Wildman–Crippen LogP) is 7.88. The zero-order valence-electron chi connectivity index (χ0n) is 21.4. The van der Waals surface area contributed by atoms with Gasteiger partial charge in [0.05, 0.1) is 22.6 Å². The van der Waals surface area contributed by atoms with Crippen LogP contribution in [0.15, 0.2) is 48.5 Å². The number of aromatic carboxylic acids is 1. The Kier molecular flexibility index (Phi) is 9.27. The fourth-order valence-electron chi connectivity index (χ4n) is 4.08. The average Bonchev–Trinajstić information content (AvgIpc) is 2.80. The van der Waals surface area contributed by atoms with Gasteiger partial charge in [-0.1, -0.05) is 39.3 Å². The number of halogens is 4. The molecule has 0 saturated heterocycles. The van der Waals surface area contributed by atoms with Crippen molar-refractivity contribution in [3.8, 4) is 11.1 Å². The summed E-state index contributed by atoms with van der Waals surface area (Å²) in [6, 6.07) is 8.32. The van der Waals surface area contributed by atoms with Gasteiger partial charge in [0.25, 0.3) is 0 Å². The lowest BCUT2D eigenvalue weighted by molar-refractivity contribution is 0.0697. The molecule has 38 heavy (non-hydrogen) atoms. The van der Waals surface area contributed by atoms with E-state index < -0.39 is 29.5 Å². The highest BCUT2D eigenvalue weighted by Crippen LogP contribution is 2.37. The highest BCUT2D eigenvalue weighted by Gasteiger charge is 2.23. The lowest BCUT2D eigenvalue weighted by atomic mass is 9.97. The Bertz CT molecular complexity index is 1340. The largest absolute Gasteiger partial charge is 0.478 e. The highest BCUT2D eigenvalue weighted by molar-refractivity contribution is 6.30. The summed E-state index contributed by atoms with van der Waals surface area (Å²) in [6.07, 6.45) is 0. The van der Waals surface area contributed by atoms with Gasteiger partial charge in [-0.25, -0.2) is 22.8 Å². The lowest BCUT2D eigenvalue weighted by Gasteiger charge is -2.31. The van der Waals surface area contributed by atoms with E-state index >= 15 is 4.39 Å². The zero-order valence-corrected chi connectivity index (χ0v) is 22.2. The minimum atomic E-state index is -1.37. The van der Waals surface area contributed by atoms with E-state index in [-0.39, 0.29) is 44.9 Å². The standard InChI is InChI=1S/C28H29ClF3N3O3/c1-15(2)13-35(14-16(3)4)26-12-22(31)21(20-10-18(30)6-7-19(20)27(36)37)11-25(26)34-28(38)33-24-8-5-17(29)9-23(24)32/h5-12,15-16H,13-14H2,1-4H3,(H,36,37)(H2,33,34,38). The zero-order chi connectivity index (χ0) is 28.1. The molecule has 0 saturated carbocycles. The number of hydrogen-bond acceptors (Lipinski definition) is 3. The number of nitrogens with one attached hydrogen (secondary N) is 2. The number of carboxylic acids is 1. The van der Waals surface area contributed by atoms with Crippen molar-refractivity contribution in [3.63, 3.8) is 0 Å². The molecular formula is C28H29ClF3N3O3. The van der Waals surface area contributed by atoms with E-state index in [0.29, 0.717) is 18.8 Å². The van der Waals surface area contributed by atoms with E-state index in [2.05, 4.69) is 10.6 Å². The van der Waals surface area contributed by atoms with Gasteiger partial charge in [-0.15, -0.1) is 0 Å². The van der Waals surface area contributed by atoms with Crippen LogP contribution in [-0.2, 0) is 0 Å². The van der Waals surface area contributed by atoms with Gasteiger partial charge in [0.2, 0.25) is 0 Å². The van der Waals surface area contributed by atoms with Crippen LogP contribution in [0.4, 0.5) is 35.0 Å². The van der Waals surface area contributed by atoms with Crippen LogP contribution in [0.2, 0.25) is 5.02 Å². The molecule has 0 bridgehead atoms. The van der Waals surface area contributed by atoms with Crippen molar-refractivity contribution in [1.82, 2.24) is 0 Å². The van der Waals surface area contributed by atoms with E-state index in [1.165, 1.54) is 24.3 Å². The monoisotopic (exact) mass is 547 g/mol. The van der Waals surface area contributed by atoms with Crippen molar-refractivity contribution >= 4 is 40.7 Å². The van der Waals surface area contributed by atoms with Crippen LogP contribution in [0.1, 0.15) is 38.1 Å². The van der Waals surface area contributed by atoms with Gasteiger partial charge < -0.3 is 20.6 Å². The number of rotatable bonds is 9. The summed E-state index contributed by atoms with van der Waals surface area (Å²) >= 11 is 5.78. The number of carboxylic acid groups (broad SMARTS) is 1. The van der Waals surface area contributed by atoms with E-state index in [1.807, 2.05) is 32.6 Å². The van der Waals surface area contributed by atoms with Crippen LogP contribution in [0.3, 0.4) is 0 Å². The van der Waals surface area contributed by atoms with Crippen LogP contribution in [-0.4, -0.2) is 30.2 Å². The van der Waals surface area contributed by atoms with Crippen LogP contribution in [0.5, 0.6) is 0 Å². The maximum absolute atomic E-state index is 15.6. The molecule has 3 aromatic rings. The van der Waals surface area contributed by atoms with E-state index in [0.717, 1.165) is 24.3 Å². The molecule has 0 aromatic heterocycles. The molecule has 0 unspecified atom stereocenters. The van der Waals surface area contributed by atoms with Crippen LogP contribution in [0.25, 0.3) is 11.1 Å². The quantitative estimate of drug-likeness (QED) is 0.254. The fraction of sp³-hybridized carbons (Fsp3) is 0.286. The number of carbonyl (C=O) groups excluding carboxylic acids is 1. The number of urea groups is 1. The van der Waals surface area contributed by atoms with Gasteiger partial charge in [0.15, 0.2) is 0 Å². The maximum atomic E-state index is 15.6. The average molecular weight is 548 g/mol. The topological polar surface area (TPSA) is 81.7 Å². The minimum absolute atomic E-state index is 0.129. The van der Waals surface area contributed by atoms with Gasteiger partial charge >= 0.3 is 12.0 Å². The molecular weight excluding hydrogens is 519 g/mol. The molecule has 3 N–H and O–H groups in total. The van der Waals surface area contributed by atoms with E-state index in [4.69, 9.17) is 11.6 Å². The van der Waals surface area contributed by atoms with Crippen LogP contribution >= 0.6 is 11.6 Å². The summed E-state index contributed by atoms with van der Waals surface area (Å²) in [6.45, 7) is 9.03. The maximum Gasteiger partial charge on any atom is 0.336 e. The van der Waals surface area contributed by atoms with Gasteiger partial charge in [0.1, 0.15) is 17.5 Å². The number of nitrogens with zero attached hydrogens (tertiary/aromatic N) is 1. The molecule has 3 aromatic carbocycles. The molecule has 0 atom stereocenters. The molecule has 0 aliphatic heterocycles. The third kappa shape index (κ3) is 7.19. The first-order valence-electron chi connectivity index (χ1n) is 12.0. The van der Waals surface area contributed by atoms with Crippen molar-refractivity contribution in [3.05, 3.63) is 76.6 Å². The summed E-state index contributed by atoms with van der Waals surface area (Å²) in [5, 5.41) is 14.8. The van der Waals surface area contributed by atoms with Crippen LogP contribution in [0, 0.1) is 29.3 Å². The molecule has 202 valence electrons. The van der Waals surface area contributed by atoms with Crippen molar-refractivity contribution in [2.45, 2.75) is 27.7 Å². The molecule has 0 heterocycles. The number of benzene rings is 3. The smallest absolute Gasteiger partial charge is 0.336 e. The van der Waals surface area contributed by atoms with Gasteiger partial charge in [-0.05, 0) is 60.4 Å². The summed E-state index contributed by atoms with van der Waals surface area (Å²) < 4.78 is 43.9. The molecule has 0 radical (unpaired) electrons. The van der Waals surface area contributed by atoms with Gasteiger partial charge in [0, 0.05) is 29.2 Å². The van der Waals surface area contributed by atoms with E-state index in [1.54, 1.807) is 0 Å². The van der Waals surface area contributed by atoms with Crippen molar-refractivity contribution < 1.29 is 27.9 Å². The second-order valence-corrected chi connectivity index (χ2v) is 10.2. The molecule has 0 spiro atoms. The number of hydrogen-bond donors (Lipinski definition) is 3. The molecule has 0 aliphatic rings. The third-order valence-electron chi connectivity index (χ3n) is 5.53. The minimum Gasteiger partial charge on any atom is -0.478 e. The summed E-state index contributed by atoms with van der Waals surface area (Å²) in [7, 11) is 0. The molecule has 3 rings (SSSR count).